The number of anilines is 1. The third-order valence-corrected chi connectivity index (χ3v) is 7.37. The van der Waals surface area contributed by atoms with Crippen LogP contribution in [0.4, 0.5) is 5.69 Å². The maximum atomic E-state index is 13.1. The van der Waals surface area contributed by atoms with Crippen LogP contribution in [0.2, 0.25) is 5.02 Å². The summed E-state index contributed by atoms with van der Waals surface area (Å²) in [7, 11) is 0. The van der Waals surface area contributed by atoms with Crippen LogP contribution in [0.5, 0.6) is 0 Å². The number of halogens is 1. The van der Waals surface area contributed by atoms with Crippen LogP contribution in [0.1, 0.15) is 46.9 Å². The van der Waals surface area contributed by atoms with Crippen LogP contribution in [-0.4, -0.2) is 65.2 Å². The lowest BCUT2D eigenvalue weighted by Gasteiger charge is -2.27. The van der Waals surface area contributed by atoms with E-state index in [-0.39, 0.29) is 30.2 Å². The smallest absolute Gasteiger partial charge is 0.251 e. The van der Waals surface area contributed by atoms with Crippen LogP contribution in [0, 0.1) is 0 Å². The van der Waals surface area contributed by atoms with Crippen molar-refractivity contribution in [2.45, 2.75) is 38.3 Å². The Bertz CT molecular complexity index is 1370. The van der Waals surface area contributed by atoms with Gasteiger partial charge in [-0.05, 0) is 49.2 Å². The molecule has 0 unspecified atom stereocenters. The molecule has 2 aliphatic heterocycles. The molecule has 2 aliphatic rings. The molecule has 192 valence electrons. The number of aromatic nitrogens is 1. The molecule has 2 fully saturated rings. The lowest BCUT2D eigenvalue weighted by atomic mass is 10.1. The van der Waals surface area contributed by atoms with Crippen molar-refractivity contribution >= 4 is 51.8 Å². The molecule has 1 aromatic heterocycles. The molecule has 3 aromatic rings. The van der Waals surface area contributed by atoms with Gasteiger partial charge in [-0.25, -0.2) is 0 Å². The van der Waals surface area contributed by atoms with Crippen LogP contribution in [-0.2, 0) is 9.59 Å². The Morgan fingerprint density at radius 3 is 2.24 bits per heavy atom. The summed E-state index contributed by atoms with van der Waals surface area (Å²) in [4.78, 5) is 56.7. The van der Waals surface area contributed by atoms with E-state index in [1.807, 2.05) is 0 Å². The molecule has 0 radical (unpaired) electrons. The van der Waals surface area contributed by atoms with Gasteiger partial charge in [0.1, 0.15) is 0 Å². The fourth-order valence-electron chi connectivity index (χ4n) is 4.96. The Kier molecular flexibility index (Phi) is 6.88. The van der Waals surface area contributed by atoms with Crippen LogP contribution in [0.3, 0.4) is 0 Å². The number of amides is 4. The number of likely N-dealkylation sites (tertiary alicyclic amines) is 1. The summed E-state index contributed by atoms with van der Waals surface area (Å²) >= 11 is 6.13. The van der Waals surface area contributed by atoms with Crippen LogP contribution in [0.15, 0.2) is 48.7 Å². The van der Waals surface area contributed by atoms with E-state index in [0.717, 1.165) is 29.4 Å². The molecule has 10 heteroatoms. The maximum Gasteiger partial charge on any atom is 0.251 e. The third kappa shape index (κ3) is 5.17. The van der Waals surface area contributed by atoms with Gasteiger partial charge in [-0.1, -0.05) is 17.7 Å². The van der Waals surface area contributed by atoms with E-state index in [1.54, 1.807) is 58.5 Å². The zero-order valence-electron chi connectivity index (χ0n) is 20.4. The zero-order chi connectivity index (χ0) is 26.1. The molecule has 3 heterocycles. The fourth-order valence-corrected chi connectivity index (χ4v) is 5.18. The molecule has 0 bridgehead atoms. The molecule has 2 saturated heterocycles. The minimum Gasteiger partial charge on any atom is -0.360 e. The van der Waals surface area contributed by atoms with Crippen molar-refractivity contribution in [3.05, 3.63) is 64.8 Å². The van der Waals surface area contributed by atoms with Gasteiger partial charge in [-0.15, -0.1) is 0 Å². The van der Waals surface area contributed by atoms with Gasteiger partial charge in [0.25, 0.3) is 11.8 Å². The molecule has 37 heavy (non-hydrogen) atoms. The van der Waals surface area contributed by atoms with Gasteiger partial charge in [0, 0.05) is 66.9 Å². The molecule has 0 saturated carbocycles. The minimum absolute atomic E-state index is 0.0934. The number of hydrogen-bond acceptors (Lipinski definition) is 4. The van der Waals surface area contributed by atoms with Gasteiger partial charge in [0.05, 0.1) is 17.1 Å². The highest BCUT2D eigenvalue weighted by Crippen LogP contribution is 2.24. The molecule has 5 rings (SSSR count). The number of rotatable bonds is 5. The number of nitrogens with zero attached hydrogens (tertiary/aromatic N) is 2. The number of carbonyl (C=O) groups is 4. The highest BCUT2D eigenvalue weighted by molar-refractivity contribution is 6.35. The quantitative estimate of drug-likeness (QED) is 0.478. The number of nitrogens with one attached hydrogen (secondary N) is 3. The zero-order valence-corrected chi connectivity index (χ0v) is 21.2. The average Bonchev–Trinajstić information content (AvgIpc) is 3.47. The number of hydrogen-bond donors (Lipinski definition) is 3. The van der Waals surface area contributed by atoms with Gasteiger partial charge in [0.2, 0.25) is 11.8 Å². The second-order valence-electron chi connectivity index (χ2n) is 9.53. The standard InChI is InChI=1S/C27H28ClN5O4/c1-16(34)32-14-23(24(15-32)31-27(37)18-7-10-20-21(28)13-29-22(20)12-18)30-26(36)17-5-8-19(9-6-17)33-11-3-2-4-25(33)35/h5-10,12-13,23-24,29H,2-4,11,14-15H2,1H3,(H,30,36)(H,31,37)/t23-,24+/m0/s1. The van der Waals surface area contributed by atoms with Crippen LogP contribution >= 0.6 is 11.6 Å². The van der Waals surface area contributed by atoms with E-state index < -0.39 is 12.1 Å². The lowest BCUT2D eigenvalue weighted by Crippen LogP contribution is -2.51. The number of benzene rings is 2. The second-order valence-corrected chi connectivity index (χ2v) is 9.94. The number of carbonyl (C=O) groups excluding carboxylic acids is 4. The molecule has 3 N–H and O–H groups in total. The summed E-state index contributed by atoms with van der Waals surface area (Å²) in [5, 5.41) is 7.35. The second kappa shape index (κ2) is 10.3. The molecular weight excluding hydrogens is 494 g/mol. The average molecular weight is 522 g/mol. The Labute approximate surface area is 219 Å². The molecule has 0 aliphatic carbocycles. The fraction of sp³-hybridized carbons (Fsp3) is 0.333. The minimum atomic E-state index is -0.465. The lowest BCUT2D eigenvalue weighted by molar-refractivity contribution is -0.128. The molecule has 2 aromatic carbocycles. The van der Waals surface area contributed by atoms with Crippen molar-refractivity contribution < 1.29 is 19.2 Å². The Balaban J connectivity index is 1.28. The Hall–Kier alpha value is -3.85. The van der Waals surface area contributed by atoms with E-state index in [0.29, 0.717) is 35.7 Å². The van der Waals surface area contributed by atoms with Crippen molar-refractivity contribution in [2.75, 3.05) is 24.5 Å². The third-order valence-electron chi connectivity index (χ3n) is 7.06. The first-order chi connectivity index (χ1) is 17.8. The SMILES string of the molecule is CC(=O)N1C[C@H](NC(=O)c2ccc(N3CCCCC3=O)cc2)[C@H](NC(=O)c2ccc3c(Cl)c[nH]c3c2)C1. The van der Waals surface area contributed by atoms with Crippen LogP contribution < -0.4 is 15.5 Å². The highest BCUT2D eigenvalue weighted by Gasteiger charge is 2.36. The molecule has 2 atom stereocenters. The summed E-state index contributed by atoms with van der Waals surface area (Å²) in [6.07, 6.45) is 4.07. The maximum absolute atomic E-state index is 13.1. The van der Waals surface area contributed by atoms with Gasteiger partial charge in [0.15, 0.2) is 0 Å². The highest BCUT2D eigenvalue weighted by atomic mass is 35.5. The number of fused-ring (bicyclic) bond motifs is 1. The van der Waals surface area contributed by atoms with Crippen molar-refractivity contribution in [3.63, 3.8) is 0 Å². The first kappa shape index (κ1) is 24.8. The van der Waals surface area contributed by atoms with E-state index in [9.17, 15) is 19.2 Å². The molecule has 9 nitrogen and oxygen atoms in total. The summed E-state index contributed by atoms with van der Waals surface area (Å²) in [5.41, 5.74) is 2.40. The molecular formula is C27H28ClN5O4. The van der Waals surface area contributed by atoms with E-state index >= 15 is 0 Å². The molecule has 4 amide bonds. The Morgan fingerprint density at radius 2 is 1.59 bits per heavy atom. The van der Waals surface area contributed by atoms with Crippen molar-refractivity contribution in [1.29, 1.82) is 0 Å². The molecule has 0 spiro atoms. The van der Waals surface area contributed by atoms with Crippen LogP contribution in [0.25, 0.3) is 10.9 Å². The van der Waals surface area contributed by atoms with E-state index in [1.165, 1.54) is 6.92 Å². The van der Waals surface area contributed by atoms with Crippen molar-refractivity contribution in [1.82, 2.24) is 20.5 Å². The number of piperidine rings is 1. The van der Waals surface area contributed by atoms with E-state index in [2.05, 4.69) is 15.6 Å². The number of H-pyrrole nitrogens is 1. The Morgan fingerprint density at radius 1 is 0.946 bits per heavy atom. The summed E-state index contributed by atoms with van der Waals surface area (Å²) in [6, 6.07) is 11.2. The first-order valence-electron chi connectivity index (χ1n) is 12.3. The van der Waals surface area contributed by atoms with Crippen molar-refractivity contribution in [2.24, 2.45) is 0 Å². The monoisotopic (exact) mass is 521 g/mol. The van der Waals surface area contributed by atoms with Crippen molar-refractivity contribution in [3.8, 4) is 0 Å². The predicted octanol–water partition coefficient (Wildman–Crippen LogP) is 3.10. The van der Waals surface area contributed by atoms with Gasteiger partial charge in [-0.3, -0.25) is 19.2 Å². The van der Waals surface area contributed by atoms with Gasteiger partial charge < -0.3 is 25.4 Å². The number of aromatic amines is 1. The summed E-state index contributed by atoms with van der Waals surface area (Å²) < 4.78 is 0. The normalized spacial score (nSPS) is 19.8. The largest absolute Gasteiger partial charge is 0.360 e. The summed E-state index contributed by atoms with van der Waals surface area (Å²) in [5.74, 6) is -0.656. The predicted molar refractivity (Wildman–Crippen MR) is 141 cm³/mol. The van der Waals surface area contributed by atoms with Gasteiger partial charge in [-0.2, -0.15) is 0 Å². The topological polar surface area (TPSA) is 115 Å². The summed E-state index contributed by atoms with van der Waals surface area (Å²) in [6.45, 7) is 2.72. The van der Waals surface area contributed by atoms with E-state index in [4.69, 9.17) is 11.6 Å². The first-order valence-corrected chi connectivity index (χ1v) is 12.7. The van der Waals surface area contributed by atoms with Gasteiger partial charge >= 0.3 is 0 Å².